The Morgan fingerprint density at radius 1 is 1.03 bits per heavy atom. The molecule has 0 radical (unpaired) electrons. The topological polar surface area (TPSA) is 61.9 Å². The highest BCUT2D eigenvalue weighted by molar-refractivity contribution is 8.00. The molecule has 2 aromatic carbocycles. The molecule has 1 aliphatic rings. The SMILES string of the molecule is CCOc1ccc(SCC(=O)N2CCN(CC(=O)Nc3ccccc3C(F)(F)F)CC2)cc1. The normalized spacial score (nSPS) is 14.7. The number of nitrogens with zero attached hydrogens (tertiary/aromatic N) is 2. The van der Waals surface area contributed by atoms with Crippen LogP contribution in [0.25, 0.3) is 0 Å². The number of hydrogen-bond acceptors (Lipinski definition) is 5. The van der Waals surface area contributed by atoms with Gasteiger partial charge in [-0.2, -0.15) is 13.2 Å². The van der Waals surface area contributed by atoms with Crippen molar-refractivity contribution >= 4 is 29.3 Å². The zero-order valence-corrected chi connectivity index (χ0v) is 19.0. The minimum atomic E-state index is -4.54. The van der Waals surface area contributed by atoms with Crippen molar-refractivity contribution in [1.82, 2.24) is 9.80 Å². The van der Waals surface area contributed by atoms with Gasteiger partial charge < -0.3 is 15.0 Å². The van der Waals surface area contributed by atoms with Gasteiger partial charge in [0.2, 0.25) is 11.8 Å². The molecule has 1 saturated heterocycles. The molecule has 2 amide bonds. The van der Waals surface area contributed by atoms with Crippen LogP contribution in [-0.4, -0.2) is 66.7 Å². The predicted octanol–water partition coefficient (Wildman–Crippen LogP) is 3.98. The summed E-state index contributed by atoms with van der Waals surface area (Å²) >= 11 is 1.45. The van der Waals surface area contributed by atoms with Crippen molar-refractivity contribution in [2.45, 2.75) is 18.0 Å². The smallest absolute Gasteiger partial charge is 0.418 e. The highest BCUT2D eigenvalue weighted by atomic mass is 32.2. The minimum Gasteiger partial charge on any atom is -0.494 e. The lowest BCUT2D eigenvalue weighted by Crippen LogP contribution is -2.50. The Balaban J connectivity index is 1.42. The lowest BCUT2D eigenvalue weighted by Gasteiger charge is -2.34. The summed E-state index contributed by atoms with van der Waals surface area (Å²) in [5.41, 5.74) is -1.13. The molecule has 0 atom stereocenters. The maximum Gasteiger partial charge on any atom is 0.418 e. The molecular weight excluding hydrogens is 455 g/mol. The van der Waals surface area contributed by atoms with Gasteiger partial charge in [-0.05, 0) is 43.3 Å². The van der Waals surface area contributed by atoms with E-state index in [9.17, 15) is 22.8 Å². The fourth-order valence-corrected chi connectivity index (χ4v) is 4.22. The molecule has 1 N–H and O–H groups in total. The molecule has 10 heteroatoms. The molecule has 33 heavy (non-hydrogen) atoms. The number of ether oxygens (including phenoxy) is 1. The van der Waals surface area contributed by atoms with Gasteiger partial charge in [0.15, 0.2) is 0 Å². The number of benzene rings is 2. The van der Waals surface area contributed by atoms with Crippen LogP contribution in [0.5, 0.6) is 5.75 Å². The maximum absolute atomic E-state index is 13.1. The molecular formula is C23H26F3N3O3S. The molecule has 0 unspecified atom stereocenters. The van der Waals surface area contributed by atoms with Gasteiger partial charge in [-0.15, -0.1) is 11.8 Å². The molecule has 0 saturated carbocycles. The lowest BCUT2D eigenvalue weighted by molar-refractivity contribution is -0.137. The molecule has 1 heterocycles. The third kappa shape index (κ3) is 7.40. The van der Waals surface area contributed by atoms with Crippen LogP contribution in [0.1, 0.15) is 12.5 Å². The Bertz CT molecular complexity index is 946. The Morgan fingerprint density at radius 3 is 2.33 bits per heavy atom. The van der Waals surface area contributed by atoms with Crippen molar-refractivity contribution in [2.75, 3.05) is 50.4 Å². The van der Waals surface area contributed by atoms with Crippen molar-refractivity contribution in [1.29, 1.82) is 0 Å². The number of anilines is 1. The standard InChI is InChI=1S/C23H26F3N3O3S/c1-2-32-17-7-9-18(10-8-17)33-16-22(31)29-13-11-28(12-14-29)15-21(30)27-20-6-4-3-5-19(20)23(24,25)26/h3-10H,2,11-16H2,1H3,(H,27,30). The Labute approximate surface area is 195 Å². The van der Waals surface area contributed by atoms with Crippen LogP contribution in [0.2, 0.25) is 0 Å². The van der Waals surface area contributed by atoms with Gasteiger partial charge in [-0.25, -0.2) is 0 Å². The van der Waals surface area contributed by atoms with E-state index >= 15 is 0 Å². The van der Waals surface area contributed by atoms with E-state index in [4.69, 9.17) is 4.74 Å². The molecule has 2 aromatic rings. The van der Waals surface area contributed by atoms with Crippen LogP contribution in [-0.2, 0) is 15.8 Å². The average molecular weight is 482 g/mol. The minimum absolute atomic E-state index is 0.0112. The number of thioether (sulfide) groups is 1. The Hall–Kier alpha value is -2.72. The monoisotopic (exact) mass is 481 g/mol. The van der Waals surface area contributed by atoms with E-state index in [1.165, 1.54) is 30.0 Å². The maximum atomic E-state index is 13.1. The second kappa shape index (κ2) is 11.4. The first-order valence-corrected chi connectivity index (χ1v) is 11.6. The highest BCUT2D eigenvalue weighted by Crippen LogP contribution is 2.34. The number of amides is 2. The van der Waals surface area contributed by atoms with Crippen molar-refractivity contribution in [3.63, 3.8) is 0 Å². The summed E-state index contributed by atoms with van der Waals surface area (Å²) in [7, 11) is 0. The predicted molar refractivity (Wildman–Crippen MR) is 121 cm³/mol. The summed E-state index contributed by atoms with van der Waals surface area (Å²) in [6.07, 6.45) is -4.54. The first kappa shape index (κ1) is 24.9. The Kier molecular flexibility index (Phi) is 8.62. The van der Waals surface area contributed by atoms with Crippen molar-refractivity contribution in [3.8, 4) is 5.75 Å². The number of nitrogens with one attached hydrogen (secondary N) is 1. The van der Waals surface area contributed by atoms with E-state index in [0.29, 0.717) is 38.5 Å². The molecule has 0 bridgehead atoms. The van der Waals surface area contributed by atoms with E-state index in [1.807, 2.05) is 36.1 Å². The summed E-state index contributed by atoms with van der Waals surface area (Å²) < 4.78 is 44.7. The van der Waals surface area contributed by atoms with Gasteiger partial charge in [0.05, 0.1) is 30.2 Å². The molecule has 1 fully saturated rings. The van der Waals surface area contributed by atoms with E-state index in [1.54, 1.807) is 4.90 Å². The number of halogens is 3. The van der Waals surface area contributed by atoms with Gasteiger partial charge in [-0.1, -0.05) is 12.1 Å². The number of para-hydroxylation sites is 1. The first-order chi connectivity index (χ1) is 15.8. The van der Waals surface area contributed by atoms with Gasteiger partial charge in [0, 0.05) is 31.1 Å². The molecule has 178 valence electrons. The molecule has 6 nitrogen and oxygen atoms in total. The number of carbonyl (C=O) groups excluding carboxylic acids is 2. The molecule has 0 aromatic heterocycles. The van der Waals surface area contributed by atoms with Crippen LogP contribution in [0.3, 0.4) is 0 Å². The summed E-state index contributed by atoms with van der Waals surface area (Å²) in [4.78, 5) is 29.4. The van der Waals surface area contributed by atoms with Gasteiger partial charge in [0.25, 0.3) is 0 Å². The number of alkyl halides is 3. The second-order valence-corrected chi connectivity index (χ2v) is 8.49. The van der Waals surface area contributed by atoms with Crippen LogP contribution in [0, 0.1) is 0 Å². The van der Waals surface area contributed by atoms with E-state index in [0.717, 1.165) is 16.7 Å². The second-order valence-electron chi connectivity index (χ2n) is 7.44. The van der Waals surface area contributed by atoms with Crippen LogP contribution in [0.15, 0.2) is 53.4 Å². The molecule has 0 aliphatic carbocycles. The lowest BCUT2D eigenvalue weighted by atomic mass is 10.1. The van der Waals surface area contributed by atoms with Crippen LogP contribution >= 0.6 is 11.8 Å². The van der Waals surface area contributed by atoms with Gasteiger partial charge >= 0.3 is 6.18 Å². The third-order valence-electron chi connectivity index (χ3n) is 5.10. The third-order valence-corrected chi connectivity index (χ3v) is 6.09. The van der Waals surface area contributed by atoms with E-state index in [-0.39, 0.29) is 18.1 Å². The Morgan fingerprint density at radius 2 is 1.70 bits per heavy atom. The number of carbonyl (C=O) groups is 2. The van der Waals surface area contributed by atoms with E-state index in [2.05, 4.69) is 5.32 Å². The quantitative estimate of drug-likeness (QED) is 0.578. The summed E-state index contributed by atoms with van der Waals surface area (Å²) in [5, 5.41) is 2.36. The van der Waals surface area contributed by atoms with Gasteiger partial charge in [-0.3, -0.25) is 14.5 Å². The van der Waals surface area contributed by atoms with E-state index < -0.39 is 17.6 Å². The zero-order valence-electron chi connectivity index (χ0n) is 18.2. The highest BCUT2D eigenvalue weighted by Gasteiger charge is 2.33. The number of rotatable bonds is 8. The fraction of sp³-hybridized carbons (Fsp3) is 0.391. The molecule has 1 aliphatic heterocycles. The number of hydrogen-bond donors (Lipinski definition) is 1. The van der Waals surface area contributed by atoms with Crippen LogP contribution in [0.4, 0.5) is 18.9 Å². The van der Waals surface area contributed by atoms with Crippen molar-refractivity contribution in [3.05, 3.63) is 54.1 Å². The fourth-order valence-electron chi connectivity index (χ4n) is 3.42. The largest absolute Gasteiger partial charge is 0.494 e. The molecule has 3 rings (SSSR count). The summed E-state index contributed by atoms with van der Waals surface area (Å²) in [6.45, 7) is 4.38. The number of piperazine rings is 1. The van der Waals surface area contributed by atoms with Crippen molar-refractivity contribution < 1.29 is 27.5 Å². The average Bonchev–Trinajstić information content (AvgIpc) is 2.79. The van der Waals surface area contributed by atoms with Gasteiger partial charge in [0.1, 0.15) is 5.75 Å². The van der Waals surface area contributed by atoms with Crippen LogP contribution < -0.4 is 10.1 Å². The zero-order chi connectivity index (χ0) is 23.8. The summed E-state index contributed by atoms with van der Waals surface area (Å²) in [5.74, 6) is 0.590. The van der Waals surface area contributed by atoms with Crippen molar-refractivity contribution in [2.24, 2.45) is 0 Å². The summed E-state index contributed by atoms with van der Waals surface area (Å²) in [6, 6.07) is 12.5. The molecule has 0 spiro atoms. The first-order valence-electron chi connectivity index (χ1n) is 10.6.